The van der Waals surface area contributed by atoms with E-state index in [1.807, 2.05) is 6.07 Å². The quantitative estimate of drug-likeness (QED) is 0.773. The van der Waals surface area contributed by atoms with Crippen molar-refractivity contribution >= 4 is 29.3 Å². The molecule has 2 aromatic heterocycles. The van der Waals surface area contributed by atoms with Gasteiger partial charge < -0.3 is 16.0 Å². The highest BCUT2D eigenvalue weighted by Crippen LogP contribution is 2.39. The Hall–Kier alpha value is -2.06. The molecule has 0 atom stereocenters. The lowest BCUT2D eigenvalue weighted by Gasteiger charge is -2.26. The maximum atomic E-state index is 5.73. The maximum Gasteiger partial charge on any atom is 0.228 e. The molecule has 0 bridgehead atoms. The first-order chi connectivity index (χ1) is 11.3. The Morgan fingerprint density at radius 1 is 1.39 bits per heavy atom. The third-order valence-corrected chi connectivity index (χ3v) is 4.89. The number of nitrogens with zero attached hydrogens (tertiary/aromatic N) is 4. The summed E-state index contributed by atoms with van der Waals surface area (Å²) >= 11 is 1.72. The van der Waals surface area contributed by atoms with Gasteiger partial charge in [0, 0.05) is 37.0 Å². The maximum absolute atomic E-state index is 5.73. The smallest absolute Gasteiger partial charge is 0.228 e. The van der Waals surface area contributed by atoms with E-state index in [1.54, 1.807) is 18.0 Å². The molecule has 0 amide bonds. The third kappa shape index (κ3) is 3.32. The lowest BCUT2D eigenvalue weighted by Crippen LogP contribution is -2.31. The van der Waals surface area contributed by atoms with Gasteiger partial charge in [-0.1, -0.05) is 0 Å². The standard InChI is InChI=1S/C15H19N7S/c16-6-10-7-22(9-23-8-10)15-17-4-3-13(19-15)18-14-5-12(20-21-14)11-1-2-11/h3-5,8,11H,1-2,6-7,9,16H2,(H2,17,18,19,20,21). The van der Waals surface area contributed by atoms with E-state index in [-0.39, 0.29) is 0 Å². The van der Waals surface area contributed by atoms with Crippen LogP contribution in [0.5, 0.6) is 0 Å². The van der Waals surface area contributed by atoms with Crippen molar-refractivity contribution in [2.75, 3.05) is 29.2 Å². The van der Waals surface area contributed by atoms with Gasteiger partial charge in [0.1, 0.15) is 5.82 Å². The summed E-state index contributed by atoms with van der Waals surface area (Å²) in [4.78, 5) is 11.1. The van der Waals surface area contributed by atoms with Gasteiger partial charge in [-0.05, 0) is 29.9 Å². The summed E-state index contributed by atoms with van der Waals surface area (Å²) in [6.07, 6.45) is 4.27. The SMILES string of the molecule is NCC1=CSCN(c2nccc(Nc3cc(C4CC4)[nH]n3)n2)C1. The number of aromatic nitrogens is 4. The monoisotopic (exact) mass is 329 g/mol. The van der Waals surface area contributed by atoms with Crippen molar-refractivity contribution < 1.29 is 0 Å². The fourth-order valence-corrected chi connectivity index (χ4v) is 3.39. The summed E-state index contributed by atoms with van der Waals surface area (Å²) < 4.78 is 0. The van der Waals surface area contributed by atoms with Crippen LogP contribution < -0.4 is 16.0 Å². The number of hydrogen-bond acceptors (Lipinski definition) is 7. The summed E-state index contributed by atoms with van der Waals surface area (Å²) in [6, 6.07) is 3.91. The fourth-order valence-electron chi connectivity index (χ4n) is 2.52. The van der Waals surface area contributed by atoms with Crippen LogP contribution in [0.25, 0.3) is 0 Å². The van der Waals surface area contributed by atoms with Crippen molar-refractivity contribution in [2.45, 2.75) is 18.8 Å². The van der Waals surface area contributed by atoms with Gasteiger partial charge in [0.15, 0.2) is 5.82 Å². The molecular weight excluding hydrogens is 310 g/mol. The average Bonchev–Trinajstić information content (AvgIpc) is 3.35. The van der Waals surface area contributed by atoms with Crippen molar-refractivity contribution in [2.24, 2.45) is 5.73 Å². The van der Waals surface area contributed by atoms with Gasteiger partial charge in [0.25, 0.3) is 0 Å². The third-order valence-electron chi connectivity index (χ3n) is 3.93. The molecule has 0 aromatic carbocycles. The lowest BCUT2D eigenvalue weighted by molar-refractivity contribution is 0.873. The molecule has 4 rings (SSSR count). The minimum atomic E-state index is 0.568. The van der Waals surface area contributed by atoms with Crippen LogP contribution in [-0.2, 0) is 0 Å². The van der Waals surface area contributed by atoms with Crippen LogP contribution in [-0.4, -0.2) is 39.1 Å². The van der Waals surface area contributed by atoms with Gasteiger partial charge in [0.2, 0.25) is 5.95 Å². The van der Waals surface area contributed by atoms with Crippen LogP contribution in [0.4, 0.5) is 17.6 Å². The predicted octanol–water partition coefficient (Wildman–Crippen LogP) is 2.17. The van der Waals surface area contributed by atoms with Crippen LogP contribution in [0.2, 0.25) is 0 Å². The number of anilines is 3. The second-order valence-electron chi connectivity index (χ2n) is 5.82. The van der Waals surface area contributed by atoms with E-state index in [1.165, 1.54) is 24.1 Å². The summed E-state index contributed by atoms with van der Waals surface area (Å²) in [6.45, 7) is 1.35. The molecule has 7 nitrogen and oxygen atoms in total. The molecule has 1 aliphatic carbocycles. The van der Waals surface area contributed by atoms with E-state index in [0.717, 1.165) is 24.1 Å². The Morgan fingerprint density at radius 2 is 2.30 bits per heavy atom. The molecule has 1 fully saturated rings. The van der Waals surface area contributed by atoms with Gasteiger partial charge >= 0.3 is 0 Å². The zero-order chi connectivity index (χ0) is 15.6. The van der Waals surface area contributed by atoms with Gasteiger partial charge in [-0.25, -0.2) is 4.98 Å². The lowest BCUT2D eigenvalue weighted by atomic mass is 10.3. The van der Waals surface area contributed by atoms with E-state index < -0.39 is 0 Å². The van der Waals surface area contributed by atoms with E-state index in [2.05, 4.69) is 41.9 Å². The minimum absolute atomic E-state index is 0.568. The first-order valence-corrected chi connectivity index (χ1v) is 8.76. The van der Waals surface area contributed by atoms with Crippen LogP contribution >= 0.6 is 11.8 Å². The molecule has 0 unspecified atom stereocenters. The highest BCUT2D eigenvalue weighted by Gasteiger charge is 2.25. The molecule has 0 spiro atoms. The molecule has 2 aromatic rings. The van der Waals surface area contributed by atoms with E-state index in [4.69, 9.17) is 5.73 Å². The van der Waals surface area contributed by atoms with Crippen LogP contribution in [0.3, 0.4) is 0 Å². The first kappa shape index (κ1) is 14.5. The predicted molar refractivity (Wildman–Crippen MR) is 92.8 cm³/mol. The Balaban J connectivity index is 1.48. The van der Waals surface area contributed by atoms with E-state index >= 15 is 0 Å². The number of rotatable bonds is 5. The van der Waals surface area contributed by atoms with Crippen molar-refractivity contribution in [3.05, 3.63) is 35.0 Å². The van der Waals surface area contributed by atoms with Crippen LogP contribution in [0.1, 0.15) is 24.5 Å². The molecule has 1 saturated carbocycles. The molecule has 3 heterocycles. The largest absolute Gasteiger partial charge is 0.327 e. The Kier molecular flexibility index (Phi) is 3.92. The minimum Gasteiger partial charge on any atom is -0.327 e. The highest BCUT2D eigenvalue weighted by atomic mass is 32.2. The molecule has 0 saturated heterocycles. The molecule has 4 N–H and O–H groups in total. The van der Waals surface area contributed by atoms with E-state index in [9.17, 15) is 0 Å². The van der Waals surface area contributed by atoms with E-state index in [0.29, 0.717) is 18.4 Å². The van der Waals surface area contributed by atoms with Crippen molar-refractivity contribution in [3.8, 4) is 0 Å². The topological polar surface area (TPSA) is 95.8 Å². The summed E-state index contributed by atoms with van der Waals surface area (Å²) in [5.74, 6) is 3.75. The molecule has 23 heavy (non-hydrogen) atoms. The molecular formula is C15H19N7S. The summed E-state index contributed by atoms with van der Waals surface area (Å²) in [7, 11) is 0. The number of hydrogen-bond donors (Lipinski definition) is 3. The van der Waals surface area contributed by atoms with Crippen LogP contribution in [0.15, 0.2) is 29.3 Å². The second-order valence-corrected chi connectivity index (χ2v) is 6.65. The molecule has 1 aliphatic heterocycles. The average molecular weight is 329 g/mol. The number of aromatic amines is 1. The number of H-pyrrole nitrogens is 1. The van der Waals surface area contributed by atoms with Crippen molar-refractivity contribution in [1.82, 2.24) is 20.2 Å². The number of nitrogens with two attached hydrogens (primary N) is 1. The van der Waals surface area contributed by atoms with Crippen LogP contribution in [0, 0.1) is 0 Å². The molecule has 8 heteroatoms. The van der Waals surface area contributed by atoms with Gasteiger partial charge in [0.05, 0.1) is 5.88 Å². The highest BCUT2D eigenvalue weighted by molar-refractivity contribution is 8.02. The fraction of sp³-hybridized carbons (Fsp3) is 0.400. The van der Waals surface area contributed by atoms with Gasteiger partial charge in [-0.2, -0.15) is 10.1 Å². The van der Waals surface area contributed by atoms with Crippen molar-refractivity contribution in [3.63, 3.8) is 0 Å². The zero-order valence-corrected chi connectivity index (χ0v) is 13.5. The normalized spacial score (nSPS) is 18.0. The summed E-state index contributed by atoms with van der Waals surface area (Å²) in [5.41, 5.74) is 8.13. The molecule has 120 valence electrons. The second kappa shape index (κ2) is 6.21. The first-order valence-electron chi connectivity index (χ1n) is 7.72. The Labute approximate surface area is 138 Å². The summed E-state index contributed by atoms with van der Waals surface area (Å²) in [5, 5.41) is 12.8. The number of nitrogens with one attached hydrogen (secondary N) is 2. The Morgan fingerprint density at radius 3 is 3.13 bits per heavy atom. The zero-order valence-electron chi connectivity index (χ0n) is 12.7. The number of thioether (sulfide) groups is 1. The van der Waals surface area contributed by atoms with Crippen molar-refractivity contribution in [1.29, 1.82) is 0 Å². The molecule has 0 radical (unpaired) electrons. The van der Waals surface area contributed by atoms with Gasteiger partial charge in [-0.15, -0.1) is 11.8 Å². The van der Waals surface area contributed by atoms with Gasteiger partial charge in [-0.3, -0.25) is 5.10 Å². The Bertz CT molecular complexity index is 722. The molecule has 2 aliphatic rings.